The summed E-state index contributed by atoms with van der Waals surface area (Å²) < 4.78 is 5.38. The van der Waals surface area contributed by atoms with Crippen molar-refractivity contribution in [1.29, 1.82) is 0 Å². The van der Waals surface area contributed by atoms with Crippen LogP contribution >= 0.6 is 0 Å². The van der Waals surface area contributed by atoms with E-state index in [9.17, 15) is 25.2 Å². The lowest BCUT2D eigenvalue weighted by molar-refractivity contribution is -0.137. The maximum Gasteiger partial charge on any atom is 0.238 e. The molecule has 0 unspecified atom stereocenters. The van der Waals surface area contributed by atoms with Crippen molar-refractivity contribution < 1.29 is 35.0 Å². The fourth-order valence-corrected chi connectivity index (χ4v) is 2.18. The molecule has 3 aromatic rings. The van der Waals surface area contributed by atoms with Gasteiger partial charge >= 0.3 is 0 Å². The summed E-state index contributed by atoms with van der Waals surface area (Å²) in [5, 5.41) is 47.0. The molecule has 1 aromatic heterocycles. The van der Waals surface area contributed by atoms with Crippen molar-refractivity contribution in [2.75, 3.05) is 0 Å². The summed E-state index contributed by atoms with van der Waals surface area (Å²) in [5.74, 6) is -2.65. The largest absolute Gasteiger partial charge is 0.507 e. The molecule has 8 heteroatoms. The molecule has 0 aliphatic carbocycles. The molecule has 0 fully saturated rings. The van der Waals surface area contributed by atoms with Crippen LogP contribution in [0.15, 0.2) is 39.5 Å². The average Bonchev–Trinajstić information content (AvgIpc) is 2.52. The Morgan fingerprint density at radius 2 is 1.65 bits per heavy atom. The Hall–Kier alpha value is -3.39. The molecule has 118 valence electrons. The minimum Gasteiger partial charge on any atom is -0.507 e. The Morgan fingerprint density at radius 1 is 0.913 bits per heavy atom. The van der Waals surface area contributed by atoms with Gasteiger partial charge in [-0.1, -0.05) is 0 Å². The Labute approximate surface area is 127 Å². The number of phenols is 3. The topological polar surface area (TPSA) is 141 Å². The van der Waals surface area contributed by atoms with E-state index >= 15 is 0 Å². The minimum absolute atomic E-state index is 0.117. The summed E-state index contributed by atoms with van der Waals surface area (Å²) in [6.07, 6.45) is 0. The summed E-state index contributed by atoms with van der Waals surface area (Å²) in [4.78, 5) is 16.2. The predicted octanol–water partition coefficient (Wildman–Crippen LogP) is 2.13. The third kappa shape index (κ3) is 2.27. The third-order valence-corrected chi connectivity index (χ3v) is 3.27. The highest BCUT2D eigenvalue weighted by molar-refractivity contribution is 5.88. The van der Waals surface area contributed by atoms with E-state index in [0.29, 0.717) is 0 Å². The van der Waals surface area contributed by atoms with Crippen molar-refractivity contribution in [2.24, 2.45) is 0 Å². The maximum absolute atomic E-state index is 12.2. The quantitative estimate of drug-likeness (QED) is 0.275. The molecule has 0 amide bonds. The normalized spacial score (nSPS) is 10.8. The molecule has 0 saturated carbocycles. The fourth-order valence-electron chi connectivity index (χ4n) is 2.18. The van der Waals surface area contributed by atoms with E-state index in [1.807, 2.05) is 0 Å². The number of benzene rings is 2. The zero-order valence-corrected chi connectivity index (χ0v) is 11.3. The Morgan fingerprint density at radius 3 is 2.30 bits per heavy atom. The molecule has 0 saturated heterocycles. The van der Waals surface area contributed by atoms with Crippen LogP contribution in [0.25, 0.3) is 22.3 Å². The van der Waals surface area contributed by atoms with Gasteiger partial charge in [0.2, 0.25) is 11.2 Å². The number of phenolic OH excluding ortho intramolecular Hbond substituents is 3. The number of hydrogen-bond donors (Lipinski definition) is 5. The summed E-state index contributed by atoms with van der Waals surface area (Å²) in [6.45, 7) is 0. The molecular formula is C15H10O8. The van der Waals surface area contributed by atoms with Crippen LogP contribution in [-0.4, -0.2) is 25.7 Å². The van der Waals surface area contributed by atoms with Crippen molar-refractivity contribution in [2.45, 2.75) is 0 Å². The van der Waals surface area contributed by atoms with E-state index in [4.69, 9.17) is 9.67 Å². The second kappa shape index (κ2) is 5.11. The van der Waals surface area contributed by atoms with Crippen LogP contribution in [0.5, 0.6) is 28.7 Å². The monoisotopic (exact) mass is 318 g/mol. The lowest BCUT2D eigenvalue weighted by Crippen LogP contribution is -2.03. The Kier molecular flexibility index (Phi) is 3.23. The molecule has 2 aromatic carbocycles. The molecule has 8 nitrogen and oxygen atoms in total. The van der Waals surface area contributed by atoms with Crippen LogP contribution in [0.1, 0.15) is 0 Å². The van der Waals surface area contributed by atoms with Crippen LogP contribution < -0.4 is 10.3 Å². The number of hydrogen-bond acceptors (Lipinski definition) is 8. The smallest absolute Gasteiger partial charge is 0.238 e. The van der Waals surface area contributed by atoms with E-state index in [0.717, 1.165) is 24.3 Å². The number of aromatic hydroxyl groups is 4. The van der Waals surface area contributed by atoms with Gasteiger partial charge in [0.15, 0.2) is 23.0 Å². The number of rotatable bonds is 2. The summed E-state index contributed by atoms with van der Waals surface area (Å²) in [7, 11) is 0. The van der Waals surface area contributed by atoms with Gasteiger partial charge in [-0.05, 0) is 18.2 Å². The molecule has 0 bridgehead atoms. The van der Waals surface area contributed by atoms with Crippen molar-refractivity contribution in [3.8, 4) is 40.1 Å². The molecule has 0 radical (unpaired) electrons. The van der Waals surface area contributed by atoms with Crippen LogP contribution in [0.4, 0.5) is 0 Å². The van der Waals surface area contributed by atoms with Gasteiger partial charge in [0.1, 0.15) is 16.7 Å². The fraction of sp³-hybridized carbons (Fsp3) is 0. The molecule has 0 aliphatic rings. The maximum atomic E-state index is 12.2. The standard InChI is InChI=1S/C15H10O8/c16-8-2-1-6(3-9(8)17)15-14(20)13(19)12-10(18)4-7(23-21)5-11(12)22-15/h1-5,16-18,20-21H. The van der Waals surface area contributed by atoms with Crippen molar-refractivity contribution in [3.05, 3.63) is 40.6 Å². The van der Waals surface area contributed by atoms with Gasteiger partial charge in [-0.25, -0.2) is 5.26 Å². The van der Waals surface area contributed by atoms with Crippen LogP contribution in [0.2, 0.25) is 0 Å². The molecular weight excluding hydrogens is 308 g/mol. The lowest BCUT2D eigenvalue weighted by Gasteiger charge is -2.08. The summed E-state index contributed by atoms with van der Waals surface area (Å²) in [5.41, 5.74) is -0.943. The first kappa shape index (κ1) is 14.5. The second-order valence-electron chi connectivity index (χ2n) is 4.72. The van der Waals surface area contributed by atoms with Crippen LogP contribution in [-0.2, 0) is 0 Å². The second-order valence-corrected chi connectivity index (χ2v) is 4.72. The first-order valence-corrected chi connectivity index (χ1v) is 6.29. The molecule has 1 heterocycles. The minimum atomic E-state index is -0.907. The van der Waals surface area contributed by atoms with Crippen LogP contribution in [0, 0.1) is 0 Å². The van der Waals surface area contributed by atoms with E-state index in [1.54, 1.807) is 0 Å². The Bertz CT molecular complexity index is 973. The molecule has 5 N–H and O–H groups in total. The van der Waals surface area contributed by atoms with Gasteiger partial charge in [-0.2, -0.15) is 0 Å². The SMILES string of the molecule is O=c1c(O)c(-c2ccc(O)c(O)c2)oc2cc(OO)cc(O)c12. The Balaban J connectivity index is 2.36. The highest BCUT2D eigenvalue weighted by Gasteiger charge is 2.19. The molecule has 0 aliphatic heterocycles. The molecule has 23 heavy (non-hydrogen) atoms. The van der Waals surface area contributed by atoms with E-state index in [1.165, 1.54) is 6.07 Å². The van der Waals surface area contributed by atoms with Crippen LogP contribution in [0.3, 0.4) is 0 Å². The van der Waals surface area contributed by atoms with Crippen molar-refractivity contribution in [1.82, 2.24) is 0 Å². The highest BCUT2D eigenvalue weighted by atomic mass is 17.1. The zero-order chi connectivity index (χ0) is 16.7. The summed E-state index contributed by atoms with van der Waals surface area (Å²) in [6, 6.07) is 5.67. The average molecular weight is 318 g/mol. The molecule has 3 rings (SSSR count). The van der Waals surface area contributed by atoms with Gasteiger partial charge < -0.3 is 29.7 Å². The third-order valence-electron chi connectivity index (χ3n) is 3.27. The first-order valence-electron chi connectivity index (χ1n) is 6.29. The van der Waals surface area contributed by atoms with Crippen molar-refractivity contribution >= 4 is 11.0 Å². The van der Waals surface area contributed by atoms with Gasteiger partial charge in [-0.3, -0.25) is 4.79 Å². The van der Waals surface area contributed by atoms with E-state index in [-0.39, 0.29) is 33.8 Å². The molecule has 0 spiro atoms. The van der Waals surface area contributed by atoms with Gasteiger partial charge in [0.25, 0.3) is 0 Å². The lowest BCUT2D eigenvalue weighted by atomic mass is 10.1. The van der Waals surface area contributed by atoms with Gasteiger partial charge in [-0.15, -0.1) is 0 Å². The summed E-state index contributed by atoms with van der Waals surface area (Å²) >= 11 is 0. The van der Waals surface area contributed by atoms with Crippen molar-refractivity contribution in [3.63, 3.8) is 0 Å². The number of fused-ring (bicyclic) bond motifs is 1. The zero-order valence-electron chi connectivity index (χ0n) is 11.3. The van der Waals surface area contributed by atoms with E-state index in [2.05, 4.69) is 4.89 Å². The van der Waals surface area contributed by atoms with E-state index < -0.39 is 22.7 Å². The first-order chi connectivity index (χ1) is 10.9. The highest BCUT2D eigenvalue weighted by Crippen LogP contribution is 2.37. The van der Waals surface area contributed by atoms with Gasteiger partial charge in [0, 0.05) is 17.7 Å². The van der Waals surface area contributed by atoms with Gasteiger partial charge in [0.05, 0.1) is 0 Å². The molecule has 0 atom stereocenters. The predicted molar refractivity (Wildman–Crippen MR) is 77.8 cm³/mol.